The lowest BCUT2D eigenvalue weighted by Crippen LogP contribution is -2.53. The number of rotatable bonds is 2. The molecule has 1 N–H and O–H groups in total. The molecule has 4 rings (SSSR count). The van der Waals surface area contributed by atoms with E-state index >= 15 is 0 Å². The lowest BCUT2D eigenvalue weighted by molar-refractivity contribution is -0.134. The Labute approximate surface area is 138 Å². The number of carbonyl (C=O) groups excluding carboxylic acids is 2. The minimum absolute atomic E-state index is 0.0750. The van der Waals surface area contributed by atoms with Crippen molar-refractivity contribution in [2.45, 2.75) is 44.7 Å². The second-order valence-electron chi connectivity index (χ2n) is 6.51. The Morgan fingerprint density at radius 3 is 2.96 bits per heavy atom. The maximum atomic E-state index is 12.9. The molecular weight excluding hydrogens is 310 g/mol. The van der Waals surface area contributed by atoms with Crippen LogP contribution in [0.2, 0.25) is 0 Å². The van der Waals surface area contributed by atoms with Crippen LogP contribution >= 0.6 is 11.3 Å². The average Bonchev–Trinajstić information content (AvgIpc) is 3.05. The first-order chi connectivity index (χ1) is 11.1. The summed E-state index contributed by atoms with van der Waals surface area (Å²) in [4.78, 5) is 31.2. The molecule has 1 aliphatic heterocycles. The maximum absolute atomic E-state index is 12.9. The summed E-state index contributed by atoms with van der Waals surface area (Å²) in [5.41, 5.74) is 0.228. The third-order valence-electron chi connectivity index (χ3n) is 5.13. The molecule has 120 valence electrons. The highest BCUT2D eigenvalue weighted by molar-refractivity contribution is 7.18. The van der Waals surface area contributed by atoms with Crippen LogP contribution in [0.1, 0.15) is 37.6 Å². The van der Waals surface area contributed by atoms with E-state index in [1.54, 1.807) is 0 Å². The quantitative estimate of drug-likeness (QED) is 0.860. The number of fused-ring (bicyclic) bond motifs is 1. The first-order valence-electron chi connectivity index (χ1n) is 8.09. The average molecular weight is 329 g/mol. The van der Waals surface area contributed by atoms with E-state index in [0.29, 0.717) is 0 Å². The monoisotopic (exact) mass is 329 g/mol. The summed E-state index contributed by atoms with van der Waals surface area (Å²) >= 11 is 1.54. The number of benzene rings is 1. The third-order valence-corrected chi connectivity index (χ3v) is 6.15. The van der Waals surface area contributed by atoms with Crippen LogP contribution in [-0.2, 0) is 11.3 Å². The zero-order chi connectivity index (χ0) is 16.0. The van der Waals surface area contributed by atoms with Gasteiger partial charge in [-0.2, -0.15) is 0 Å². The minimum atomic E-state index is -0.688. The van der Waals surface area contributed by atoms with Crippen LogP contribution < -0.4 is 5.32 Å². The van der Waals surface area contributed by atoms with Gasteiger partial charge in [-0.15, -0.1) is 11.3 Å². The molecule has 3 amide bonds. The number of urea groups is 1. The molecule has 5 nitrogen and oxygen atoms in total. The van der Waals surface area contributed by atoms with Crippen molar-refractivity contribution in [3.8, 4) is 0 Å². The minimum Gasteiger partial charge on any atom is -0.323 e. The lowest BCUT2D eigenvalue weighted by atomic mass is 9.73. The van der Waals surface area contributed by atoms with Gasteiger partial charge in [-0.1, -0.05) is 31.9 Å². The molecule has 6 heteroatoms. The fraction of sp³-hybridized carbons (Fsp3) is 0.471. The van der Waals surface area contributed by atoms with Gasteiger partial charge in [0.2, 0.25) is 0 Å². The van der Waals surface area contributed by atoms with Crippen LogP contribution in [0.4, 0.5) is 4.79 Å². The fourth-order valence-corrected chi connectivity index (χ4v) is 4.72. The Morgan fingerprint density at radius 1 is 1.35 bits per heavy atom. The van der Waals surface area contributed by atoms with Gasteiger partial charge in [0.25, 0.3) is 5.91 Å². The van der Waals surface area contributed by atoms with Gasteiger partial charge in [-0.25, -0.2) is 9.78 Å². The number of hydrogen-bond acceptors (Lipinski definition) is 4. The Balaban J connectivity index is 1.61. The summed E-state index contributed by atoms with van der Waals surface area (Å²) < 4.78 is 1.08. The van der Waals surface area contributed by atoms with E-state index in [-0.39, 0.29) is 24.4 Å². The lowest BCUT2D eigenvalue weighted by Gasteiger charge is -2.36. The molecule has 2 fully saturated rings. The van der Waals surface area contributed by atoms with Crippen molar-refractivity contribution in [2.24, 2.45) is 5.92 Å². The number of hydrogen-bond donors (Lipinski definition) is 1. The van der Waals surface area contributed by atoms with Crippen molar-refractivity contribution in [3.05, 3.63) is 29.3 Å². The number of aromatic nitrogens is 1. The number of nitrogens with zero attached hydrogens (tertiary/aromatic N) is 2. The smallest absolute Gasteiger partial charge is 0.323 e. The van der Waals surface area contributed by atoms with Gasteiger partial charge in [0.15, 0.2) is 0 Å². The van der Waals surface area contributed by atoms with Crippen LogP contribution in [0, 0.1) is 5.92 Å². The molecular formula is C17H19N3O2S. The first-order valence-corrected chi connectivity index (χ1v) is 8.90. The molecule has 1 aromatic heterocycles. The van der Waals surface area contributed by atoms with Crippen LogP contribution in [0.5, 0.6) is 0 Å². The zero-order valence-corrected chi connectivity index (χ0v) is 13.9. The SMILES string of the molecule is C[C@@H]1CCCC[C@]12NC(=O)N(Cc1nc3ccccc3s1)C2=O. The summed E-state index contributed by atoms with van der Waals surface area (Å²) in [6, 6.07) is 7.59. The van der Waals surface area contributed by atoms with Gasteiger partial charge in [0.1, 0.15) is 10.5 Å². The topological polar surface area (TPSA) is 62.3 Å². The zero-order valence-electron chi connectivity index (χ0n) is 13.0. The van der Waals surface area contributed by atoms with Gasteiger partial charge in [-0.05, 0) is 30.9 Å². The van der Waals surface area contributed by atoms with E-state index < -0.39 is 5.54 Å². The van der Waals surface area contributed by atoms with Crippen molar-refractivity contribution in [2.75, 3.05) is 0 Å². The maximum Gasteiger partial charge on any atom is 0.325 e. The summed E-state index contributed by atoms with van der Waals surface area (Å²) in [6.45, 7) is 2.33. The fourth-order valence-electron chi connectivity index (χ4n) is 3.76. The van der Waals surface area contributed by atoms with E-state index in [1.165, 1.54) is 16.2 Å². The molecule has 0 radical (unpaired) electrons. The normalized spacial score (nSPS) is 27.9. The molecule has 1 aliphatic carbocycles. The highest BCUT2D eigenvalue weighted by atomic mass is 32.1. The van der Waals surface area contributed by atoms with E-state index in [2.05, 4.69) is 17.2 Å². The van der Waals surface area contributed by atoms with Crippen LogP contribution in [0.25, 0.3) is 10.2 Å². The summed E-state index contributed by atoms with van der Waals surface area (Å²) in [7, 11) is 0. The molecule has 23 heavy (non-hydrogen) atoms. The molecule has 2 heterocycles. The van der Waals surface area contributed by atoms with Gasteiger partial charge in [-0.3, -0.25) is 9.69 Å². The number of thiazole rings is 1. The number of imide groups is 1. The number of para-hydroxylation sites is 1. The summed E-state index contributed by atoms with van der Waals surface area (Å²) in [5, 5.41) is 3.79. The molecule has 1 saturated carbocycles. The largest absolute Gasteiger partial charge is 0.325 e. The van der Waals surface area contributed by atoms with Crippen molar-refractivity contribution in [1.82, 2.24) is 15.2 Å². The van der Waals surface area contributed by atoms with E-state index in [1.807, 2.05) is 24.3 Å². The summed E-state index contributed by atoms with van der Waals surface area (Å²) in [6.07, 6.45) is 3.85. The number of amides is 3. The van der Waals surface area contributed by atoms with Crippen LogP contribution in [0.15, 0.2) is 24.3 Å². The molecule has 2 aliphatic rings. The van der Waals surface area contributed by atoms with Gasteiger partial charge in [0.05, 0.1) is 16.8 Å². The van der Waals surface area contributed by atoms with E-state index in [0.717, 1.165) is 40.9 Å². The Kier molecular flexibility index (Phi) is 3.37. The Morgan fingerprint density at radius 2 is 2.17 bits per heavy atom. The molecule has 1 aromatic carbocycles. The molecule has 1 saturated heterocycles. The second-order valence-corrected chi connectivity index (χ2v) is 7.63. The summed E-state index contributed by atoms with van der Waals surface area (Å²) in [5.74, 6) is 0.113. The standard InChI is InChI=1S/C17H19N3O2S/c1-11-6-4-5-9-17(11)15(21)20(16(22)19-17)10-14-18-12-7-2-3-8-13(12)23-14/h2-3,7-8,11H,4-6,9-10H2,1H3,(H,19,22)/t11-,17+/m1/s1. The van der Waals surface area contributed by atoms with E-state index in [4.69, 9.17) is 0 Å². The van der Waals surface area contributed by atoms with Crippen LogP contribution in [0.3, 0.4) is 0 Å². The number of nitrogens with one attached hydrogen (secondary N) is 1. The highest BCUT2D eigenvalue weighted by Gasteiger charge is 2.54. The van der Waals surface area contributed by atoms with Crippen molar-refractivity contribution < 1.29 is 9.59 Å². The Bertz CT molecular complexity index is 754. The van der Waals surface area contributed by atoms with Gasteiger partial charge >= 0.3 is 6.03 Å². The van der Waals surface area contributed by atoms with Gasteiger partial charge < -0.3 is 5.32 Å². The molecule has 1 spiro atoms. The van der Waals surface area contributed by atoms with Gasteiger partial charge in [0, 0.05) is 0 Å². The molecule has 0 bridgehead atoms. The predicted molar refractivity (Wildman–Crippen MR) is 89.1 cm³/mol. The van der Waals surface area contributed by atoms with Crippen LogP contribution in [-0.4, -0.2) is 27.4 Å². The molecule has 2 atom stereocenters. The first kappa shape index (κ1) is 14.6. The highest BCUT2D eigenvalue weighted by Crippen LogP contribution is 2.38. The number of carbonyl (C=O) groups is 2. The van der Waals surface area contributed by atoms with Crippen molar-refractivity contribution >= 4 is 33.5 Å². The predicted octanol–water partition coefficient (Wildman–Crippen LogP) is 3.30. The molecule has 0 unspecified atom stereocenters. The Hall–Kier alpha value is -1.95. The third kappa shape index (κ3) is 2.24. The second kappa shape index (κ2) is 5.30. The van der Waals surface area contributed by atoms with E-state index in [9.17, 15) is 9.59 Å². The van der Waals surface area contributed by atoms with Crippen molar-refractivity contribution in [3.63, 3.8) is 0 Å². The van der Waals surface area contributed by atoms with Crippen molar-refractivity contribution in [1.29, 1.82) is 0 Å². The molecule has 2 aromatic rings.